The summed E-state index contributed by atoms with van der Waals surface area (Å²) in [4.78, 5) is 23.4. The molecule has 2 aromatic carbocycles. The van der Waals surface area contributed by atoms with Gasteiger partial charge in [0, 0.05) is 5.56 Å². The second-order valence-electron chi connectivity index (χ2n) is 4.42. The van der Waals surface area contributed by atoms with Crippen molar-refractivity contribution < 1.29 is 19.8 Å². The summed E-state index contributed by atoms with van der Waals surface area (Å²) in [6, 6.07) is 8.62. The summed E-state index contributed by atoms with van der Waals surface area (Å²) in [6.07, 6.45) is 0. The fourth-order valence-corrected chi connectivity index (χ4v) is 2.13. The molecule has 0 aliphatic heterocycles. The number of phenols is 1. The standard InChI is InChI=1S/C15H12ClNO4/c1-8-7-9(18)5-6-10(8)14(19)17-13-11(15(20)21)3-2-4-12(13)16/h2-7,18H,1H3,(H,17,19)(H,20,21). The van der Waals surface area contributed by atoms with Gasteiger partial charge in [0.15, 0.2) is 0 Å². The molecule has 108 valence electrons. The number of aromatic carboxylic acids is 1. The number of aromatic hydroxyl groups is 1. The van der Waals surface area contributed by atoms with Crippen molar-refractivity contribution in [2.24, 2.45) is 0 Å². The molecule has 0 bridgehead atoms. The average Bonchev–Trinajstić information content (AvgIpc) is 2.40. The Hall–Kier alpha value is -2.53. The number of halogens is 1. The van der Waals surface area contributed by atoms with Gasteiger partial charge in [0.2, 0.25) is 0 Å². The first-order valence-corrected chi connectivity index (χ1v) is 6.40. The molecule has 0 unspecified atom stereocenters. The number of amides is 1. The maximum atomic E-state index is 12.2. The predicted molar refractivity (Wildman–Crippen MR) is 79.2 cm³/mol. The first-order chi connectivity index (χ1) is 9.90. The Kier molecular flexibility index (Phi) is 4.14. The Morgan fingerprint density at radius 1 is 1.14 bits per heavy atom. The summed E-state index contributed by atoms with van der Waals surface area (Å²) in [6.45, 7) is 1.67. The quantitative estimate of drug-likeness (QED) is 0.812. The van der Waals surface area contributed by atoms with Gasteiger partial charge < -0.3 is 15.5 Å². The number of benzene rings is 2. The number of para-hydroxylation sites is 1. The van der Waals surface area contributed by atoms with E-state index in [0.717, 1.165) is 0 Å². The Bertz CT molecular complexity index is 728. The van der Waals surface area contributed by atoms with Gasteiger partial charge in [-0.3, -0.25) is 4.79 Å². The third-order valence-corrected chi connectivity index (χ3v) is 3.25. The lowest BCUT2D eigenvalue weighted by Gasteiger charge is -2.11. The molecule has 3 N–H and O–H groups in total. The number of phenolic OH excluding ortho intramolecular Hbond substituents is 1. The molecule has 0 fully saturated rings. The first-order valence-electron chi connectivity index (χ1n) is 6.03. The van der Waals surface area contributed by atoms with Crippen molar-refractivity contribution in [1.29, 1.82) is 0 Å². The molecule has 21 heavy (non-hydrogen) atoms. The molecule has 0 saturated heterocycles. The van der Waals surface area contributed by atoms with Crippen LogP contribution in [0.4, 0.5) is 5.69 Å². The van der Waals surface area contributed by atoms with Crippen molar-refractivity contribution in [2.75, 3.05) is 5.32 Å². The van der Waals surface area contributed by atoms with E-state index < -0.39 is 11.9 Å². The molecule has 0 atom stereocenters. The highest BCUT2D eigenvalue weighted by Gasteiger charge is 2.17. The van der Waals surface area contributed by atoms with E-state index in [-0.39, 0.29) is 22.0 Å². The molecule has 1 amide bonds. The van der Waals surface area contributed by atoms with Crippen LogP contribution < -0.4 is 5.32 Å². The minimum Gasteiger partial charge on any atom is -0.508 e. The maximum Gasteiger partial charge on any atom is 0.337 e. The second-order valence-corrected chi connectivity index (χ2v) is 4.83. The molecule has 0 aliphatic carbocycles. The largest absolute Gasteiger partial charge is 0.508 e. The van der Waals surface area contributed by atoms with Crippen molar-refractivity contribution in [2.45, 2.75) is 6.92 Å². The van der Waals surface area contributed by atoms with E-state index in [9.17, 15) is 14.7 Å². The smallest absolute Gasteiger partial charge is 0.337 e. The number of aryl methyl sites for hydroxylation is 1. The van der Waals surface area contributed by atoms with Crippen LogP contribution in [0.1, 0.15) is 26.3 Å². The van der Waals surface area contributed by atoms with Gasteiger partial charge in [-0.15, -0.1) is 0 Å². The lowest BCUT2D eigenvalue weighted by atomic mass is 10.1. The van der Waals surface area contributed by atoms with Crippen LogP contribution in [0.2, 0.25) is 5.02 Å². The third kappa shape index (κ3) is 3.14. The molecule has 2 aromatic rings. The first kappa shape index (κ1) is 14.9. The molecule has 5 nitrogen and oxygen atoms in total. The van der Waals surface area contributed by atoms with Gasteiger partial charge in [0.1, 0.15) is 5.75 Å². The van der Waals surface area contributed by atoms with Crippen LogP contribution >= 0.6 is 11.6 Å². The van der Waals surface area contributed by atoms with Crippen molar-refractivity contribution >= 4 is 29.2 Å². The van der Waals surface area contributed by atoms with Crippen LogP contribution in [0.3, 0.4) is 0 Å². The SMILES string of the molecule is Cc1cc(O)ccc1C(=O)Nc1c(Cl)cccc1C(=O)O. The zero-order valence-electron chi connectivity index (χ0n) is 11.1. The van der Waals surface area contributed by atoms with Crippen LogP contribution in [0.25, 0.3) is 0 Å². The third-order valence-electron chi connectivity index (χ3n) is 2.94. The lowest BCUT2D eigenvalue weighted by molar-refractivity contribution is 0.0698. The molecule has 0 spiro atoms. The van der Waals surface area contributed by atoms with Gasteiger partial charge in [0.25, 0.3) is 5.91 Å². The van der Waals surface area contributed by atoms with E-state index in [1.807, 2.05) is 0 Å². The monoisotopic (exact) mass is 305 g/mol. The number of nitrogens with one attached hydrogen (secondary N) is 1. The second kappa shape index (κ2) is 5.85. The van der Waals surface area contributed by atoms with Crippen LogP contribution in [0, 0.1) is 6.92 Å². The van der Waals surface area contributed by atoms with Gasteiger partial charge in [0.05, 0.1) is 16.3 Å². The summed E-state index contributed by atoms with van der Waals surface area (Å²) < 4.78 is 0. The topological polar surface area (TPSA) is 86.6 Å². The number of carboxylic acid groups (broad SMARTS) is 1. The number of anilines is 1. The normalized spacial score (nSPS) is 10.2. The van der Waals surface area contributed by atoms with Crippen molar-refractivity contribution in [3.8, 4) is 5.75 Å². The Morgan fingerprint density at radius 3 is 2.48 bits per heavy atom. The Balaban J connectivity index is 2.38. The molecular formula is C15H12ClNO4. The molecule has 0 aromatic heterocycles. The number of carbonyl (C=O) groups is 2. The summed E-state index contributed by atoms with van der Waals surface area (Å²) >= 11 is 5.95. The zero-order chi connectivity index (χ0) is 15.6. The highest BCUT2D eigenvalue weighted by molar-refractivity contribution is 6.34. The van der Waals surface area contributed by atoms with Crippen LogP contribution in [-0.4, -0.2) is 22.1 Å². The number of rotatable bonds is 3. The van der Waals surface area contributed by atoms with E-state index in [4.69, 9.17) is 16.7 Å². The molecule has 2 rings (SSSR count). The molecule has 0 radical (unpaired) electrons. The fraction of sp³-hybridized carbons (Fsp3) is 0.0667. The van der Waals surface area contributed by atoms with Crippen molar-refractivity contribution in [3.63, 3.8) is 0 Å². The lowest BCUT2D eigenvalue weighted by Crippen LogP contribution is -2.16. The van der Waals surface area contributed by atoms with Crippen LogP contribution in [0.15, 0.2) is 36.4 Å². The number of carbonyl (C=O) groups excluding carboxylic acids is 1. The van der Waals surface area contributed by atoms with Crippen molar-refractivity contribution in [1.82, 2.24) is 0 Å². The zero-order valence-corrected chi connectivity index (χ0v) is 11.8. The number of hydrogen-bond donors (Lipinski definition) is 3. The molecule has 0 heterocycles. The van der Waals surface area contributed by atoms with E-state index >= 15 is 0 Å². The summed E-state index contributed by atoms with van der Waals surface area (Å²) in [5.74, 6) is -1.63. The van der Waals surface area contributed by atoms with Crippen LogP contribution in [-0.2, 0) is 0 Å². The molecule has 6 heteroatoms. The van der Waals surface area contributed by atoms with E-state index in [2.05, 4.69) is 5.32 Å². The van der Waals surface area contributed by atoms with Gasteiger partial charge in [-0.2, -0.15) is 0 Å². The minimum absolute atomic E-state index is 0.0455. The molecular weight excluding hydrogens is 294 g/mol. The van der Waals surface area contributed by atoms with Gasteiger partial charge in [-0.05, 0) is 42.8 Å². The van der Waals surface area contributed by atoms with Gasteiger partial charge in [-0.25, -0.2) is 4.79 Å². The molecule has 0 aliphatic rings. The summed E-state index contributed by atoms with van der Waals surface area (Å²) in [5, 5.41) is 21.1. The highest BCUT2D eigenvalue weighted by atomic mass is 35.5. The summed E-state index contributed by atoms with van der Waals surface area (Å²) in [5.41, 5.74) is 0.844. The van der Waals surface area contributed by atoms with E-state index in [1.54, 1.807) is 6.92 Å². The van der Waals surface area contributed by atoms with E-state index in [1.165, 1.54) is 36.4 Å². The summed E-state index contributed by atoms with van der Waals surface area (Å²) in [7, 11) is 0. The maximum absolute atomic E-state index is 12.2. The number of carboxylic acids is 1. The van der Waals surface area contributed by atoms with Gasteiger partial charge >= 0.3 is 5.97 Å². The van der Waals surface area contributed by atoms with Crippen molar-refractivity contribution in [3.05, 3.63) is 58.1 Å². The number of hydrogen-bond acceptors (Lipinski definition) is 3. The van der Waals surface area contributed by atoms with Gasteiger partial charge in [-0.1, -0.05) is 17.7 Å². The highest BCUT2D eigenvalue weighted by Crippen LogP contribution is 2.27. The fourth-order valence-electron chi connectivity index (χ4n) is 1.91. The van der Waals surface area contributed by atoms with Crippen LogP contribution in [0.5, 0.6) is 5.75 Å². The average molecular weight is 306 g/mol. The Labute approximate surface area is 125 Å². The minimum atomic E-state index is -1.18. The van der Waals surface area contributed by atoms with E-state index in [0.29, 0.717) is 11.1 Å². The predicted octanol–water partition coefficient (Wildman–Crippen LogP) is 3.30. The molecule has 0 saturated carbocycles. The Morgan fingerprint density at radius 2 is 1.86 bits per heavy atom.